The second-order valence-corrected chi connectivity index (χ2v) is 3.97. The number of nitrogens with zero attached hydrogens (tertiary/aromatic N) is 2. The highest BCUT2D eigenvalue weighted by Crippen LogP contribution is 2.42. The standard InChI is InChI=1S/C9H12F3N3/c1-5(6-2-3-6)15-7(9(10,11)12)4-8(13)14-15/h4-6H,2-3H2,1H3,(H2,13,14). The maximum absolute atomic E-state index is 12.6. The zero-order valence-corrected chi connectivity index (χ0v) is 8.25. The van der Waals surface area contributed by atoms with Gasteiger partial charge in [-0.25, -0.2) is 0 Å². The molecule has 2 N–H and O–H groups in total. The lowest BCUT2D eigenvalue weighted by molar-refractivity contribution is -0.145. The quantitative estimate of drug-likeness (QED) is 0.830. The van der Waals surface area contributed by atoms with E-state index < -0.39 is 11.9 Å². The molecule has 1 aliphatic rings. The summed E-state index contributed by atoms with van der Waals surface area (Å²) in [4.78, 5) is 0. The van der Waals surface area contributed by atoms with Crippen molar-refractivity contribution in [2.24, 2.45) is 5.92 Å². The highest BCUT2D eigenvalue weighted by Gasteiger charge is 2.39. The number of aromatic nitrogens is 2. The Morgan fingerprint density at radius 3 is 2.60 bits per heavy atom. The van der Waals surface area contributed by atoms with Gasteiger partial charge in [-0.1, -0.05) is 0 Å². The van der Waals surface area contributed by atoms with Crippen molar-refractivity contribution in [3.8, 4) is 0 Å². The molecule has 1 aromatic rings. The van der Waals surface area contributed by atoms with Gasteiger partial charge in [-0.3, -0.25) is 4.68 Å². The van der Waals surface area contributed by atoms with Crippen molar-refractivity contribution in [3.63, 3.8) is 0 Å². The second-order valence-electron chi connectivity index (χ2n) is 3.97. The third-order valence-corrected chi connectivity index (χ3v) is 2.74. The van der Waals surface area contributed by atoms with Crippen LogP contribution in [0.15, 0.2) is 6.07 Å². The minimum absolute atomic E-state index is 0.0742. The molecule has 0 saturated heterocycles. The van der Waals surface area contributed by atoms with Crippen LogP contribution in [0.4, 0.5) is 19.0 Å². The topological polar surface area (TPSA) is 43.8 Å². The van der Waals surface area contributed by atoms with Gasteiger partial charge in [-0.2, -0.15) is 18.3 Å². The van der Waals surface area contributed by atoms with Crippen LogP contribution in [0.25, 0.3) is 0 Å². The van der Waals surface area contributed by atoms with Gasteiger partial charge in [-0.05, 0) is 25.7 Å². The lowest BCUT2D eigenvalue weighted by Gasteiger charge is -2.16. The van der Waals surface area contributed by atoms with Crippen LogP contribution in [-0.4, -0.2) is 9.78 Å². The molecule has 1 heterocycles. The zero-order valence-electron chi connectivity index (χ0n) is 8.25. The van der Waals surface area contributed by atoms with Gasteiger partial charge in [0.25, 0.3) is 0 Å². The number of nitrogens with two attached hydrogens (primary N) is 1. The predicted octanol–water partition coefficient (Wildman–Crippen LogP) is 2.46. The van der Waals surface area contributed by atoms with E-state index in [1.165, 1.54) is 0 Å². The van der Waals surface area contributed by atoms with Gasteiger partial charge in [0.1, 0.15) is 11.5 Å². The Labute approximate surface area is 85.1 Å². The molecule has 0 spiro atoms. The third kappa shape index (κ3) is 1.93. The van der Waals surface area contributed by atoms with Crippen molar-refractivity contribution in [2.45, 2.75) is 32.0 Å². The number of halogens is 3. The molecular formula is C9H12F3N3. The van der Waals surface area contributed by atoms with Gasteiger partial charge in [0.05, 0.1) is 6.04 Å². The first kappa shape index (κ1) is 10.3. The van der Waals surface area contributed by atoms with E-state index in [0.717, 1.165) is 23.6 Å². The number of hydrogen-bond donors (Lipinski definition) is 1. The van der Waals surface area contributed by atoms with Crippen molar-refractivity contribution >= 4 is 5.82 Å². The van der Waals surface area contributed by atoms with E-state index in [4.69, 9.17) is 5.73 Å². The highest BCUT2D eigenvalue weighted by molar-refractivity contribution is 5.31. The first-order chi connectivity index (χ1) is 6.89. The van der Waals surface area contributed by atoms with E-state index in [9.17, 15) is 13.2 Å². The summed E-state index contributed by atoms with van der Waals surface area (Å²) in [5.74, 6) is 0.236. The van der Waals surface area contributed by atoms with Crippen molar-refractivity contribution in [1.29, 1.82) is 0 Å². The van der Waals surface area contributed by atoms with E-state index in [-0.39, 0.29) is 11.9 Å². The molecule has 3 nitrogen and oxygen atoms in total. The molecule has 0 radical (unpaired) electrons. The Kier molecular flexibility index (Phi) is 2.17. The van der Waals surface area contributed by atoms with E-state index in [1.54, 1.807) is 6.92 Å². The number of hydrogen-bond acceptors (Lipinski definition) is 2. The minimum Gasteiger partial charge on any atom is -0.382 e. The molecule has 0 aromatic carbocycles. The number of alkyl halides is 3. The lowest BCUT2D eigenvalue weighted by Crippen LogP contribution is -2.18. The third-order valence-electron chi connectivity index (χ3n) is 2.74. The first-order valence-corrected chi connectivity index (χ1v) is 4.82. The van der Waals surface area contributed by atoms with Gasteiger partial charge in [0.15, 0.2) is 0 Å². The zero-order chi connectivity index (χ0) is 11.2. The van der Waals surface area contributed by atoms with Crippen molar-refractivity contribution in [1.82, 2.24) is 9.78 Å². The summed E-state index contributed by atoms with van der Waals surface area (Å²) in [6, 6.07) is 0.665. The number of nitrogen functional groups attached to an aromatic ring is 1. The molecule has 84 valence electrons. The lowest BCUT2D eigenvalue weighted by atomic mass is 10.2. The minimum atomic E-state index is -4.38. The number of rotatable bonds is 2. The summed E-state index contributed by atoms with van der Waals surface area (Å²) < 4.78 is 38.8. The first-order valence-electron chi connectivity index (χ1n) is 4.82. The monoisotopic (exact) mass is 219 g/mol. The fourth-order valence-corrected chi connectivity index (χ4v) is 1.71. The predicted molar refractivity (Wildman–Crippen MR) is 49.1 cm³/mol. The van der Waals surface area contributed by atoms with Gasteiger partial charge < -0.3 is 5.73 Å². The molecule has 0 bridgehead atoms. The second kappa shape index (κ2) is 3.15. The van der Waals surface area contributed by atoms with Gasteiger partial charge >= 0.3 is 6.18 Å². The van der Waals surface area contributed by atoms with Crippen LogP contribution in [0.2, 0.25) is 0 Å². The molecule has 6 heteroatoms. The van der Waals surface area contributed by atoms with Crippen LogP contribution >= 0.6 is 0 Å². The average Bonchev–Trinajstić information content (AvgIpc) is 2.86. The maximum atomic E-state index is 12.6. The van der Waals surface area contributed by atoms with Crippen LogP contribution in [0.5, 0.6) is 0 Å². The van der Waals surface area contributed by atoms with Gasteiger partial charge in [0, 0.05) is 6.07 Å². The Bertz CT molecular complexity index is 365. The Morgan fingerprint density at radius 1 is 1.53 bits per heavy atom. The maximum Gasteiger partial charge on any atom is 0.433 e. The van der Waals surface area contributed by atoms with E-state index in [1.807, 2.05) is 0 Å². The van der Waals surface area contributed by atoms with Crippen molar-refractivity contribution in [3.05, 3.63) is 11.8 Å². The average molecular weight is 219 g/mol. The Balaban J connectivity index is 2.36. The smallest absolute Gasteiger partial charge is 0.382 e. The molecule has 1 aromatic heterocycles. The fraction of sp³-hybridized carbons (Fsp3) is 0.667. The summed E-state index contributed by atoms with van der Waals surface area (Å²) in [5.41, 5.74) is 4.55. The molecule has 0 aliphatic heterocycles. The van der Waals surface area contributed by atoms with Gasteiger partial charge in [-0.15, -0.1) is 0 Å². The van der Waals surface area contributed by atoms with Crippen LogP contribution in [-0.2, 0) is 6.18 Å². The SMILES string of the molecule is CC(C1CC1)n1nc(N)cc1C(F)(F)F. The largest absolute Gasteiger partial charge is 0.433 e. The van der Waals surface area contributed by atoms with Crippen molar-refractivity contribution < 1.29 is 13.2 Å². The molecule has 1 aliphatic carbocycles. The molecule has 1 saturated carbocycles. The Hall–Kier alpha value is -1.20. The van der Waals surface area contributed by atoms with E-state index >= 15 is 0 Å². The van der Waals surface area contributed by atoms with E-state index in [2.05, 4.69) is 5.10 Å². The molecule has 1 unspecified atom stereocenters. The molecule has 2 rings (SSSR count). The highest BCUT2D eigenvalue weighted by atomic mass is 19.4. The van der Waals surface area contributed by atoms with Gasteiger partial charge in [0.2, 0.25) is 0 Å². The molecule has 0 amide bonds. The summed E-state index contributed by atoms with van der Waals surface area (Å²) in [5, 5.41) is 3.71. The van der Waals surface area contributed by atoms with E-state index in [0.29, 0.717) is 5.92 Å². The summed E-state index contributed by atoms with van der Waals surface area (Å²) in [6.07, 6.45) is -2.44. The normalized spacial score (nSPS) is 19.2. The fourth-order valence-electron chi connectivity index (χ4n) is 1.71. The summed E-state index contributed by atoms with van der Waals surface area (Å²) >= 11 is 0. The number of anilines is 1. The van der Waals surface area contributed by atoms with Crippen LogP contribution < -0.4 is 5.73 Å². The molecule has 1 atom stereocenters. The summed E-state index contributed by atoms with van der Waals surface area (Å²) in [6.45, 7) is 1.75. The van der Waals surface area contributed by atoms with Crippen molar-refractivity contribution in [2.75, 3.05) is 5.73 Å². The van der Waals surface area contributed by atoms with Crippen LogP contribution in [0.1, 0.15) is 31.5 Å². The molecular weight excluding hydrogens is 207 g/mol. The van der Waals surface area contributed by atoms with Crippen LogP contribution in [0.3, 0.4) is 0 Å². The summed E-state index contributed by atoms with van der Waals surface area (Å²) in [7, 11) is 0. The molecule has 1 fully saturated rings. The Morgan fingerprint density at radius 2 is 2.13 bits per heavy atom. The van der Waals surface area contributed by atoms with Crippen LogP contribution in [0, 0.1) is 5.92 Å². The molecule has 15 heavy (non-hydrogen) atoms.